The van der Waals surface area contributed by atoms with E-state index in [2.05, 4.69) is 20.6 Å². The molecule has 1 rings (SSSR count). The molecule has 0 aliphatic rings. The number of aromatic nitrogens is 2. The van der Waals surface area contributed by atoms with Crippen LogP contribution in [0.4, 0.5) is 17.3 Å². The summed E-state index contributed by atoms with van der Waals surface area (Å²) in [5, 5.41) is 34.6. The lowest BCUT2D eigenvalue weighted by Gasteiger charge is -2.20. The van der Waals surface area contributed by atoms with E-state index in [1.807, 2.05) is 0 Å². The fourth-order valence-electron chi connectivity index (χ4n) is 1.19. The summed E-state index contributed by atoms with van der Waals surface area (Å²) in [7, 11) is 1.50. The lowest BCUT2D eigenvalue weighted by molar-refractivity contribution is -0.383. The quantitative estimate of drug-likeness (QED) is 0.399. The van der Waals surface area contributed by atoms with Crippen molar-refractivity contribution in [1.29, 1.82) is 0 Å². The summed E-state index contributed by atoms with van der Waals surface area (Å²) in [4.78, 5) is 17.8. The van der Waals surface area contributed by atoms with E-state index in [0.717, 1.165) is 6.33 Å². The molecule has 0 spiro atoms. The Labute approximate surface area is 103 Å². The summed E-state index contributed by atoms with van der Waals surface area (Å²) in [5.41, 5.74) is -1.70. The van der Waals surface area contributed by atoms with Gasteiger partial charge in [0.25, 0.3) is 0 Å². The Balaban J connectivity index is 2.99. The molecule has 1 atom stereocenters. The highest BCUT2D eigenvalue weighted by atomic mass is 16.6. The number of aliphatic hydroxyl groups is 2. The van der Waals surface area contributed by atoms with Gasteiger partial charge in [0.1, 0.15) is 11.9 Å². The molecule has 0 aliphatic carbocycles. The molecule has 1 heterocycles. The minimum atomic E-state index is -1.39. The number of anilines is 2. The number of nitrogens with one attached hydrogen (secondary N) is 2. The summed E-state index contributed by atoms with van der Waals surface area (Å²) in [6, 6.07) is 0. The summed E-state index contributed by atoms with van der Waals surface area (Å²) in [6.45, 7) is 0.842. The molecule has 0 aromatic carbocycles. The van der Waals surface area contributed by atoms with Gasteiger partial charge in [0.2, 0.25) is 11.6 Å². The molecule has 0 saturated heterocycles. The van der Waals surface area contributed by atoms with Crippen LogP contribution in [0.15, 0.2) is 6.33 Å². The van der Waals surface area contributed by atoms with Gasteiger partial charge in [-0.05, 0) is 6.92 Å². The number of hydrogen-bond acceptors (Lipinski definition) is 8. The Hall–Kier alpha value is -2.00. The Morgan fingerprint density at radius 1 is 1.50 bits per heavy atom. The van der Waals surface area contributed by atoms with Crippen LogP contribution in [-0.2, 0) is 0 Å². The largest absolute Gasteiger partial charge is 0.393 e. The third kappa shape index (κ3) is 3.25. The maximum Gasteiger partial charge on any atom is 0.353 e. The van der Waals surface area contributed by atoms with Crippen molar-refractivity contribution in [3.8, 4) is 0 Å². The molecule has 9 heteroatoms. The lowest BCUT2D eigenvalue weighted by atomic mass is 10.1. The van der Waals surface area contributed by atoms with E-state index in [0.29, 0.717) is 0 Å². The molecule has 1 aromatic rings. The molecule has 0 amide bonds. The van der Waals surface area contributed by atoms with Crippen LogP contribution in [0.2, 0.25) is 0 Å². The fraction of sp³-hybridized carbons (Fsp3) is 0.556. The van der Waals surface area contributed by atoms with Crippen molar-refractivity contribution in [2.45, 2.75) is 12.5 Å². The van der Waals surface area contributed by atoms with Gasteiger partial charge in [-0.1, -0.05) is 0 Å². The average molecular weight is 257 g/mol. The fourth-order valence-corrected chi connectivity index (χ4v) is 1.19. The van der Waals surface area contributed by atoms with Gasteiger partial charge in [0.15, 0.2) is 0 Å². The third-order valence-electron chi connectivity index (χ3n) is 2.22. The molecular weight excluding hydrogens is 242 g/mol. The van der Waals surface area contributed by atoms with E-state index < -0.39 is 17.1 Å². The standard InChI is InChI=1S/C9H15N5O4/c1-9(16,4-15)3-11-8-6(14(17)18)7(10-2)12-5-13-8/h5,15-16H,3-4H2,1-2H3,(H2,10,11,12,13). The number of aliphatic hydroxyl groups excluding tert-OH is 1. The monoisotopic (exact) mass is 257 g/mol. The molecule has 0 saturated carbocycles. The van der Waals surface area contributed by atoms with E-state index in [4.69, 9.17) is 5.11 Å². The van der Waals surface area contributed by atoms with Crippen molar-refractivity contribution in [1.82, 2.24) is 9.97 Å². The second-order valence-electron chi connectivity index (χ2n) is 3.94. The molecule has 0 fully saturated rings. The van der Waals surface area contributed by atoms with Crippen LogP contribution in [0.25, 0.3) is 0 Å². The van der Waals surface area contributed by atoms with Crippen molar-refractivity contribution >= 4 is 17.3 Å². The minimum absolute atomic E-state index is 0.0203. The molecule has 4 N–H and O–H groups in total. The third-order valence-corrected chi connectivity index (χ3v) is 2.22. The second-order valence-corrected chi connectivity index (χ2v) is 3.94. The number of rotatable bonds is 6. The minimum Gasteiger partial charge on any atom is -0.393 e. The van der Waals surface area contributed by atoms with E-state index in [1.165, 1.54) is 14.0 Å². The van der Waals surface area contributed by atoms with Crippen LogP contribution in [-0.4, -0.2) is 50.9 Å². The Morgan fingerprint density at radius 3 is 2.61 bits per heavy atom. The normalized spacial score (nSPS) is 13.8. The van der Waals surface area contributed by atoms with Crippen LogP contribution in [0.3, 0.4) is 0 Å². The van der Waals surface area contributed by atoms with Gasteiger partial charge in [0, 0.05) is 13.6 Å². The first-order chi connectivity index (χ1) is 8.41. The highest BCUT2D eigenvalue weighted by Crippen LogP contribution is 2.28. The van der Waals surface area contributed by atoms with Gasteiger partial charge < -0.3 is 20.8 Å². The first kappa shape index (κ1) is 14.1. The van der Waals surface area contributed by atoms with Gasteiger partial charge >= 0.3 is 5.69 Å². The first-order valence-electron chi connectivity index (χ1n) is 5.15. The highest BCUT2D eigenvalue weighted by Gasteiger charge is 2.25. The molecule has 18 heavy (non-hydrogen) atoms. The van der Waals surface area contributed by atoms with Gasteiger partial charge in [-0.25, -0.2) is 9.97 Å². The summed E-state index contributed by atoms with van der Waals surface area (Å²) in [6.07, 6.45) is 1.16. The highest BCUT2D eigenvalue weighted by molar-refractivity contribution is 5.69. The zero-order chi connectivity index (χ0) is 13.8. The van der Waals surface area contributed by atoms with Crippen LogP contribution in [0, 0.1) is 10.1 Å². The van der Waals surface area contributed by atoms with Crippen molar-refractivity contribution in [3.63, 3.8) is 0 Å². The molecule has 0 bridgehead atoms. The predicted octanol–water partition coefficient (Wildman–Crippen LogP) is -0.418. The maximum atomic E-state index is 10.9. The van der Waals surface area contributed by atoms with Crippen LogP contribution < -0.4 is 10.6 Å². The topological polar surface area (TPSA) is 133 Å². The number of nitro groups is 1. The molecule has 1 aromatic heterocycles. The maximum absolute atomic E-state index is 10.9. The molecule has 0 aliphatic heterocycles. The second kappa shape index (κ2) is 5.56. The average Bonchev–Trinajstić information content (AvgIpc) is 2.35. The van der Waals surface area contributed by atoms with Crippen molar-refractivity contribution in [2.24, 2.45) is 0 Å². The van der Waals surface area contributed by atoms with E-state index in [9.17, 15) is 15.2 Å². The van der Waals surface area contributed by atoms with Crippen LogP contribution in [0.5, 0.6) is 0 Å². The van der Waals surface area contributed by atoms with E-state index in [-0.39, 0.29) is 23.9 Å². The smallest absolute Gasteiger partial charge is 0.353 e. The summed E-state index contributed by atoms with van der Waals surface area (Å²) < 4.78 is 0. The first-order valence-corrected chi connectivity index (χ1v) is 5.15. The van der Waals surface area contributed by atoms with Crippen LogP contribution >= 0.6 is 0 Å². The number of hydrogen-bond donors (Lipinski definition) is 4. The number of nitrogens with zero attached hydrogens (tertiary/aromatic N) is 3. The Morgan fingerprint density at radius 2 is 2.11 bits per heavy atom. The van der Waals surface area contributed by atoms with E-state index >= 15 is 0 Å². The van der Waals surface area contributed by atoms with Gasteiger partial charge in [-0.3, -0.25) is 10.1 Å². The zero-order valence-electron chi connectivity index (χ0n) is 10.0. The Bertz CT molecular complexity index is 437. The Kier molecular flexibility index (Phi) is 4.34. The van der Waals surface area contributed by atoms with Crippen LogP contribution in [0.1, 0.15) is 6.92 Å². The van der Waals surface area contributed by atoms with Crippen molar-refractivity contribution < 1.29 is 15.1 Å². The molecule has 1 unspecified atom stereocenters. The van der Waals surface area contributed by atoms with Crippen molar-refractivity contribution in [2.75, 3.05) is 30.8 Å². The van der Waals surface area contributed by atoms with Gasteiger partial charge in [-0.2, -0.15) is 0 Å². The van der Waals surface area contributed by atoms with Gasteiger partial charge in [0.05, 0.1) is 11.5 Å². The molecule has 9 nitrogen and oxygen atoms in total. The zero-order valence-corrected chi connectivity index (χ0v) is 10.0. The predicted molar refractivity (Wildman–Crippen MR) is 64.4 cm³/mol. The molecular formula is C9H15N5O4. The van der Waals surface area contributed by atoms with Crippen molar-refractivity contribution in [3.05, 3.63) is 16.4 Å². The van der Waals surface area contributed by atoms with E-state index in [1.54, 1.807) is 0 Å². The SMILES string of the molecule is CNc1ncnc(NCC(C)(O)CO)c1[N+](=O)[O-]. The summed E-state index contributed by atoms with van der Waals surface area (Å²) >= 11 is 0. The van der Waals surface area contributed by atoms with Gasteiger partial charge in [-0.15, -0.1) is 0 Å². The molecule has 100 valence electrons. The summed E-state index contributed by atoms with van der Waals surface area (Å²) in [5.74, 6) is 0.0502. The molecule has 0 radical (unpaired) electrons. The lowest BCUT2D eigenvalue weighted by Crippen LogP contribution is -2.37.